The zero-order valence-electron chi connectivity index (χ0n) is 20.3. The number of nitrogens with zero attached hydrogens (tertiary/aromatic N) is 2. The summed E-state index contributed by atoms with van der Waals surface area (Å²) in [6.07, 6.45) is -0.160. The molecule has 4 N–H and O–H groups in total. The first kappa shape index (κ1) is 25.3. The van der Waals surface area contributed by atoms with Crippen LogP contribution in [0.1, 0.15) is 65.7 Å². The van der Waals surface area contributed by atoms with Crippen molar-refractivity contribution in [3.8, 4) is 5.75 Å². The lowest BCUT2D eigenvalue weighted by molar-refractivity contribution is -0.274. The van der Waals surface area contributed by atoms with Gasteiger partial charge in [0.05, 0.1) is 17.4 Å². The number of benzene rings is 1. The van der Waals surface area contributed by atoms with Crippen LogP contribution in [0, 0.1) is 5.82 Å². The van der Waals surface area contributed by atoms with Gasteiger partial charge in [0.2, 0.25) is 0 Å². The highest BCUT2D eigenvalue weighted by Crippen LogP contribution is 2.40. The summed E-state index contributed by atoms with van der Waals surface area (Å²) >= 11 is 0. The van der Waals surface area contributed by atoms with Crippen molar-refractivity contribution < 1.29 is 32.2 Å². The molecular weight excluding hydrogens is 492 g/mol. The highest BCUT2D eigenvalue weighted by molar-refractivity contribution is 5.99. The standard InChI is InChI=1S/C26H28F4N4O3/c1-25(36)8-4-17-20(5-9-25)33-23-22(17)21(18(27)13-32-23)14-6-10-34(11-7-14)24(35)16-3-2-15(12-19(16)31)37-26(28,29)30/h2-3,12-14,36H,4-11,31H2,1H3,(H,32,33). The second-order valence-corrected chi connectivity index (χ2v) is 10.2. The van der Waals surface area contributed by atoms with Gasteiger partial charge in [0, 0.05) is 41.5 Å². The van der Waals surface area contributed by atoms with Crippen molar-refractivity contribution in [2.75, 3.05) is 18.8 Å². The summed E-state index contributed by atoms with van der Waals surface area (Å²) in [5.41, 5.74) is 8.27. The number of likely N-dealkylation sites (tertiary alicyclic amines) is 1. The predicted octanol–water partition coefficient (Wildman–Crippen LogP) is 4.83. The van der Waals surface area contributed by atoms with Gasteiger partial charge in [-0.2, -0.15) is 0 Å². The summed E-state index contributed by atoms with van der Waals surface area (Å²) in [7, 11) is 0. The van der Waals surface area contributed by atoms with E-state index in [0.29, 0.717) is 62.8 Å². The maximum Gasteiger partial charge on any atom is 0.573 e. The molecule has 0 spiro atoms. The molecular formula is C26H28F4N4O3. The van der Waals surface area contributed by atoms with Gasteiger partial charge in [-0.1, -0.05) is 0 Å². The Hall–Kier alpha value is -3.34. The van der Waals surface area contributed by atoms with E-state index in [1.165, 1.54) is 12.3 Å². The average Bonchev–Trinajstić information content (AvgIpc) is 3.10. The number of nitrogens with two attached hydrogens (primary N) is 1. The van der Waals surface area contributed by atoms with Crippen LogP contribution < -0.4 is 10.5 Å². The van der Waals surface area contributed by atoms with Gasteiger partial charge in [0.15, 0.2) is 0 Å². The number of aromatic amines is 1. The van der Waals surface area contributed by atoms with Crippen LogP contribution in [-0.2, 0) is 12.8 Å². The highest BCUT2D eigenvalue weighted by atomic mass is 19.4. The number of ether oxygens (including phenoxy) is 1. The first-order valence-corrected chi connectivity index (χ1v) is 12.3. The molecule has 7 nitrogen and oxygen atoms in total. The number of alkyl halides is 3. The number of hydrogen-bond donors (Lipinski definition) is 3. The Labute approximate surface area is 210 Å². The van der Waals surface area contributed by atoms with E-state index in [9.17, 15) is 23.1 Å². The molecule has 2 aliphatic rings. The fourth-order valence-electron chi connectivity index (χ4n) is 5.55. The number of amides is 1. The monoisotopic (exact) mass is 520 g/mol. The number of fused-ring (bicyclic) bond motifs is 3. The van der Waals surface area contributed by atoms with Crippen molar-refractivity contribution in [2.45, 2.75) is 63.3 Å². The van der Waals surface area contributed by atoms with Crippen LogP contribution >= 0.6 is 0 Å². The summed E-state index contributed by atoms with van der Waals surface area (Å²) in [6.45, 7) is 2.50. The Morgan fingerprint density at radius 1 is 1.24 bits per heavy atom. The highest BCUT2D eigenvalue weighted by Gasteiger charge is 2.34. The fourth-order valence-corrected chi connectivity index (χ4v) is 5.55. The Balaban J connectivity index is 1.35. The van der Waals surface area contributed by atoms with E-state index >= 15 is 4.39 Å². The van der Waals surface area contributed by atoms with Crippen molar-refractivity contribution in [3.63, 3.8) is 0 Å². The normalized spacial score (nSPS) is 21.1. The smallest absolute Gasteiger partial charge is 0.406 e. The summed E-state index contributed by atoms with van der Waals surface area (Å²) in [6, 6.07) is 3.26. The lowest BCUT2D eigenvalue weighted by Gasteiger charge is -2.33. The van der Waals surface area contributed by atoms with Crippen molar-refractivity contribution in [2.24, 2.45) is 0 Å². The predicted molar refractivity (Wildman–Crippen MR) is 129 cm³/mol. The molecule has 198 valence electrons. The van der Waals surface area contributed by atoms with Crippen LogP contribution in [0.5, 0.6) is 5.75 Å². The summed E-state index contributed by atoms with van der Waals surface area (Å²) < 4.78 is 56.5. The maximum atomic E-state index is 15.2. The van der Waals surface area contributed by atoms with Crippen molar-refractivity contribution in [3.05, 3.63) is 52.6 Å². The molecule has 1 aliphatic carbocycles. The minimum Gasteiger partial charge on any atom is -0.406 e. The third-order valence-electron chi connectivity index (χ3n) is 7.51. The number of nitrogens with one attached hydrogen (secondary N) is 1. The molecule has 1 saturated heterocycles. The Morgan fingerprint density at radius 3 is 2.62 bits per heavy atom. The van der Waals surface area contributed by atoms with E-state index in [4.69, 9.17) is 5.73 Å². The zero-order valence-corrected chi connectivity index (χ0v) is 20.3. The largest absolute Gasteiger partial charge is 0.573 e. The number of piperidine rings is 1. The van der Waals surface area contributed by atoms with Gasteiger partial charge in [-0.15, -0.1) is 13.2 Å². The molecule has 0 saturated carbocycles. The molecule has 2 aromatic heterocycles. The van der Waals surface area contributed by atoms with Crippen LogP contribution in [0.4, 0.5) is 23.2 Å². The molecule has 0 bridgehead atoms. The SMILES string of the molecule is CC1(O)CCc2[nH]c3ncc(F)c(C4CCN(C(=O)c5ccc(OC(F)(F)F)cc5N)CC4)c3c2CC1. The second-order valence-electron chi connectivity index (χ2n) is 10.2. The number of pyridine rings is 1. The summed E-state index contributed by atoms with van der Waals surface area (Å²) in [4.78, 5) is 22.2. The van der Waals surface area contributed by atoms with Gasteiger partial charge in [0.1, 0.15) is 17.2 Å². The molecule has 1 fully saturated rings. The molecule has 11 heteroatoms. The quantitative estimate of drug-likeness (QED) is 0.261. The summed E-state index contributed by atoms with van der Waals surface area (Å²) in [5.74, 6) is -1.42. The number of aliphatic hydroxyl groups is 1. The van der Waals surface area contributed by atoms with E-state index in [1.54, 1.807) is 4.90 Å². The van der Waals surface area contributed by atoms with Gasteiger partial charge in [-0.05, 0) is 69.1 Å². The maximum absolute atomic E-state index is 15.2. The van der Waals surface area contributed by atoms with Crippen LogP contribution in [0.3, 0.4) is 0 Å². The second kappa shape index (κ2) is 9.20. The number of aromatic nitrogens is 2. The molecule has 1 aliphatic heterocycles. The van der Waals surface area contributed by atoms with Gasteiger partial charge >= 0.3 is 6.36 Å². The van der Waals surface area contributed by atoms with Crippen LogP contribution in [0.2, 0.25) is 0 Å². The van der Waals surface area contributed by atoms with E-state index in [1.807, 2.05) is 6.92 Å². The zero-order chi connectivity index (χ0) is 26.5. The minimum atomic E-state index is -4.86. The molecule has 0 radical (unpaired) electrons. The fraction of sp³-hybridized carbons (Fsp3) is 0.462. The number of carbonyl (C=O) groups is 1. The van der Waals surface area contributed by atoms with Crippen LogP contribution in [0.25, 0.3) is 11.0 Å². The third-order valence-corrected chi connectivity index (χ3v) is 7.51. The van der Waals surface area contributed by atoms with Gasteiger partial charge in [-0.25, -0.2) is 9.37 Å². The Kier molecular flexibility index (Phi) is 6.29. The molecule has 1 aromatic carbocycles. The molecule has 3 aromatic rings. The number of carbonyl (C=O) groups excluding carboxylic acids is 1. The molecule has 1 atom stereocenters. The molecule has 1 unspecified atom stereocenters. The topological polar surface area (TPSA) is 104 Å². The van der Waals surface area contributed by atoms with Crippen LogP contribution in [-0.4, -0.2) is 50.9 Å². The van der Waals surface area contributed by atoms with E-state index in [0.717, 1.165) is 28.8 Å². The minimum absolute atomic E-state index is 0.0912. The van der Waals surface area contributed by atoms with E-state index < -0.39 is 23.6 Å². The van der Waals surface area contributed by atoms with Crippen molar-refractivity contribution >= 4 is 22.6 Å². The first-order valence-electron chi connectivity index (χ1n) is 12.3. The molecule has 5 rings (SSSR count). The number of halogens is 4. The molecule has 3 heterocycles. The van der Waals surface area contributed by atoms with Crippen molar-refractivity contribution in [1.82, 2.24) is 14.9 Å². The average molecular weight is 521 g/mol. The molecule has 1 amide bonds. The molecule has 37 heavy (non-hydrogen) atoms. The Morgan fingerprint density at radius 2 is 1.95 bits per heavy atom. The number of H-pyrrole nitrogens is 1. The third kappa shape index (κ3) is 5.09. The van der Waals surface area contributed by atoms with Gasteiger partial charge in [0.25, 0.3) is 5.91 Å². The number of hydrogen-bond acceptors (Lipinski definition) is 5. The van der Waals surface area contributed by atoms with Crippen LogP contribution in [0.15, 0.2) is 24.4 Å². The number of nitrogen functional groups attached to an aromatic ring is 1. The van der Waals surface area contributed by atoms with Gasteiger partial charge < -0.3 is 25.5 Å². The number of aryl methyl sites for hydroxylation is 2. The number of anilines is 1. The van der Waals surface area contributed by atoms with E-state index in [-0.39, 0.29) is 23.0 Å². The lowest BCUT2D eigenvalue weighted by Crippen LogP contribution is -2.38. The van der Waals surface area contributed by atoms with Crippen molar-refractivity contribution in [1.29, 1.82) is 0 Å². The van der Waals surface area contributed by atoms with E-state index in [2.05, 4.69) is 14.7 Å². The summed E-state index contributed by atoms with van der Waals surface area (Å²) in [5, 5.41) is 11.3. The number of rotatable bonds is 3. The van der Waals surface area contributed by atoms with Gasteiger partial charge in [-0.3, -0.25) is 4.79 Å². The first-order chi connectivity index (χ1) is 17.4. The lowest BCUT2D eigenvalue weighted by atomic mass is 9.86. The Bertz CT molecular complexity index is 1340.